The second-order valence-electron chi connectivity index (χ2n) is 3.18. The maximum absolute atomic E-state index is 11.0. The zero-order valence-electron chi connectivity index (χ0n) is 8.93. The molecule has 15 heavy (non-hydrogen) atoms. The molecule has 0 fully saturated rings. The monoisotopic (exact) mass is 209 g/mol. The van der Waals surface area contributed by atoms with E-state index in [1.54, 1.807) is 24.1 Å². The van der Waals surface area contributed by atoms with E-state index in [9.17, 15) is 4.79 Å². The van der Waals surface area contributed by atoms with E-state index in [-0.39, 0.29) is 11.9 Å². The number of carbonyl (C=O) groups excluding carboxylic acids is 1. The summed E-state index contributed by atoms with van der Waals surface area (Å²) >= 11 is 0. The molecule has 0 aromatic carbocycles. The quantitative estimate of drug-likeness (QED) is 0.742. The molecule has 0 radical (unpaired) electrons. The van der Waals surface area contributed by atoms with Crippen molar-refractivity contribution in [1.82, 2.24) is 9.78 Å². The topological polar surface area (TPSA) is 56.2 Å². The lowest BCUT2D eigenvalue weighted by Crippen LogP contribution is -2.13. The summed E-state index contributed by atoms with van der Waals surface area (Å²) in [4.78, 5) is 11.0. The van der Waals surface area contributed by atoms with Crippen molar-refractivity contribution in [3.8, 4) is 0 Å². The summed E-state index contributed by atoms with van der Waals surface area (Å²) in [5.74, 6) is 0.252. The Bertz CT molecular complexity index is 346. The lowest BCUT2D eigenvalue weighted by Gasteiger charge is -2.09. The zero-order chi connectivity index (χ0) is 11.3. The van der Waals surface area contributed by atoms with Gasteiger partial charge in [0.15, 0.2) is 5.82 Å². The van der Waals surface area contributed by atoms with Gasteiger partial charge in [-0.25, -0.2) is 0 Å². The predicted molar refractivity (Wildman–Crippen MR) is 57.6 cm³/mol. The molecule has 0 aliphatic heterocycles. The van der Waals surface area contributed by atoms with Gasteiger partial charge in [-0.3, -0.25) is 9.48 Å². The summed E-state index contributed by atoms with van der Waals surface area (Å²) in [5, 5.41) is 6.75. The summed E-state index contributed by atoms with van der Waals surface area (Å²) in [6, 6.07) is 1.87. The molecule has 0 aliphatic rings. The van der Waals surface area contributed by atoms with Crippen molar-refractivity contribution < 1.29 is 9.53 Å². The average Bonchev–Trinajstić information content (AvgIpc) is 2.66. The molecule has 1 aromatic heterocycles. The highest BCUT2D eigenvalue weighted by Gasteiger charge is 2.06. The minimum absolute atomic E-state index is 0.143. The maximum Gasteiger partial charge on any atom is 0.248 e. The van der Waals surface area contributed by atoms with Crippen LogP contribution in [-0.4, -0.2) is 29.4 Å². The number of anilines is 1. The standard InChI is InChI=1S/C10H15N3O2/c1-4-10(14)11-9-5-6-13(12-9)8(2)7-15-3/h4-6,8H,1,7H2,2-3H3,(H,11,12,14). The van der Waals surface area contributed by atoms with Crippen LogP contribution in [0.25, 0.3) is 0 Å². The highest BCUT2D eigenvalue weighted by atomic mass is 16.5. The molecule has 1 amide bonds. The third-order valence-electron chi connectivity index (χ3n) is 1.90. The first-order valence-electron chi connectivity index (χ1n) is 4.65. The fourth-order valence-electron chi connectivity index (χ4n) is 1.15. The Morgan fingerprint density at radius 1 is 1.87 bits per heavy atom. The summed E-state index contributed by atoms with van der Waals surface area (Å²) < 4.78 is 6.74. The highest BCUT2D eigenvalue weighted by Crippen LogP contribution is 2.09. The molecule has 5 heteroatoms. The Hall–Kier alpha value is -1.62. The number of nitrogens with zero attached hydrogens (tertiary/aromatic N) is 2. The van der Waals surface area contributed by atoms with Crippen molar-refractivity contribution in [3.05, 3.63) is 24.9 Å². The first-order chi connectivity index (χ1) is 7.17. The Kier molecular flexibility index (Phi) is 4.05. The van der Waals surface area contributed by atoms with Crippen LogP contribution >= 0.6 is 0 Å². The molecule has 0 saturated carbocycles. The highest BCUT2D eigenvalue weighted by molar-refractivity contribution is 5.98. The summed E-state index contributed by atoms with van der Waals surface area (Å²) in [6.07, 6.45) is 3.00. The molecular formula is C10H15N3O2. The van der Waals surface area contributed by atoms with Gasteiger partial charge in [-0.05, 0) is 13.0 Å². The average molecular weight is 209 g/mol. The van der Waals surface area contributed by atoms with Crippen LogP contribution < -0.4 is 5.32 Å². The van der Waals surface area contributed by atoms with Crippen molar-refractivity contribution in [2.75, 3.05) is 19.0 Å². The second-order valence-corrected chi connectivity index (χ2v) is 3.18. The van der Waals surface area contributed by atoms with Gasteiger partial charge in [0.2, 0.25) is 5.91 Å². The molecule has 82 valence electrons. The van der Waals surface area contributed by atoms with Crippen molar-refractivity contribution in [3.63, 3.8) is 0 Å². The van der Waals surface area contributed by atoms with Crippen LogP contribution in [0.3, 0.4) is 0 Å². The number of hydrogen-bond donors (Lipinski definition) is 1. The fraction of sp³-hybridized carbons (Fsp3) is 0.400. The largest absolute Gasteiger partial charge is 0.382 e. The number of methoxy groups -OCH3 is 1. The smallest absolute Gasteiger partial charge is 0.248 e. The Morgan fingerprint density at radius 3 is 3.20 bits per heavy atom. The molecule has 1 heterocycles. The van der Waals surface area contributed by atoms with E-state index in [2.05, 4.69) is 17.0 Å². The molecule has 0 spiro atoms. The molecule has 1 aromatic rings. The van der Waals surface area contributed by atoms with Crippen molar-refractivity contribution in [1.29, 1.82) is 0 Å². The normalized spacial score (nSPS) is 12.1. The number of carbonyl (C=O) groups is 1. The fourth-order valence-corrected chi connectivity index (χ4v) is 1.15. The minimum Gasteiger partial charge on any atom is -0.382 e. The molecule has 0 bridgehead atoms. The van der Waals surface area contributed by atoms with Crippen LogP contribution in [0.4, 0.5) is 5.82 Å². The second kappa shape index (κ2) is 5.31. The Morgan fingerprint density at radius 2 is 2.60 bits per heavy atom. The van der Waals surface area contributed by atoms with E-state index >= 15 is 0 Å². The number of amides is 1. The number of ether oxygens (including phenoxy) is 1. The van der Waals surface area contributed by atoms with E-state index in [1.165, 1.54) is 6.08 Å². The lowest BCUT2D eigenvalue weighted by molar-refractivity contribution is -0.111. The third-order valence-corrected chi connectivity index (χ3v) is 1.90. The van der Waals surface area contributed by atoms with Gasteiger partial charge in [0.25, 0.3) is 0 Å². The number of hydrogen-bond acceptors (Lipinski definition) is 3. The van der Waals surface area contributed by atoms with Crippen molar-refractivity contribution in [2.24, 2.45) is 0 Å². The molecule has 1 atom stereocenters. The van der Waals surface area contributed by atoms with Crippen LogP contribution in [0.1, 0.15) is 13.0 Å². The molecule has 0 aliphatic carbocycles. The molecule has 1 unspecified atom stereocenters. The SMILES string of the molecule is C=CC(=O)Nc1ccn(C(C)COC)n1. The van der Waals surface area contributed by atoms with Gasteiger partial charge in [0, 0.05) is 19.4 Å². The van der Waals surface area contributed by atoms with Crippen molar-refractivity contribution >= 4 is 11.7 Å². The molecular weight excluding hydrogens is 194 g/mol. The Balaban J connectivity index is 2.63. The maximum atomic E-state index is 11.0. The van der Waals surface area contributed by atoms with Crippen LogP contribution in [0, 0.1) is 0 Å². The Labute approximate surface area is 88.7 Å². The third kappa shape index (κ3) is 3.21. The van der Waals surface area contributed by atoms with Gasteiger partial charge in [0.05, 0.1) is 12.6 Å². The molecule has 5 nitrogen and oxygen atoms in total. The van der Waals surface area contributed by atoms with Crippen LogP contribution in [-0.2, 0) is 9.53 Å². The van der Waals surface area contributed by atoms with Gasteiger partial charge in [0.1, 0.15) is 0 Å². The first kappa shape index (κ1) is 11.5. The van der Waals surface area contributed by atoms with Gasteiger partial charge in [-0.1, -0.05) is 6.58 Å². The predicted octanol–water partition coefficient (Wildman–Crippen LogP) is 1.21. The lowest BCUT2D eigenvalue weighted by atomic mass is 10.4. The van der Waals surface area contributed by atoms with Crippen LogP contribution in [0.5, 0.6) is 0 Å². The van der Waals surface area contributed by atoms with E-state index < -0.39 is 0 Å². The van der Waals surface area contributed by atoms with Gasteiger partial charge >= 0.3 is 0 Å². The summed E-state index contributed by atoms with van der Waals surface area (Å²) in [7, 11) is 1.64. The van der Waals surface area contributed by atoms with Crippen molar-refractivity contribution in [2.45, 2.75) is 13.0 Å². The van der Waals surface area contributed by atoms with E-state index in [0.717, 1.165) is 0 Å². The van der Waals surface area contributed by atoms with E-state index in [0.29, 0.717) is 12.4 Å². The number of rotatable bonds is 5. The minimum atomic E-state index is -0.264. The molecule has 1 rings (SSSR count). The summed E-state index contributed by atoms with van der Waals surface area (Å²) in [5.41, 5.74) is 0. The molecule has 0 saturated heterocycles. The first-order valence-corrected chi connectivity index (χ1v) is 4.65. The summed E-state index contributed by atoms with van der Waals surface area (Å²) in [6.45, 7) is 5.92. The zero-order valence-corrected chi connectivity index (χ0v) is 8.93. The van der Waals surface area contributed by atoms with Crippen LogP contribution in [0.15, 0.2) is 24.9 Å². The van der Waals surface area contributed by atoms with Gasteiger partial charge in [-0.15, -0.1) is 0 Å². The van der Waals surface area contributed by atoms with Crippen LogP contribution in [0.2, 0.25) is 0 Å². The molecule has 1 N–H and O–H groups in total. The van der Waals surface area contributed by atoms with Gasteiger partial charge in [-0.2, -0.15) is 5.10 Å². The van der Waals surface area contributed by atoms with E-state index in [4.69, 9.17) is 4.74 Å². The number of nitrogens with one attached hydrogen (secondary N) is 1. The van der Waals surface area contributed by atoms with Gasteiger partial charge < -0.3 is 10.1 Å². The number of aromatic nitrogens is 2. The van der Waals surface area contributed by atoms with E-state index in [1.807, 2.05) is 6.92 Å².